The third-order valence-electron chi connectivity index (χ3n) is 6.42. The van der Waals surface area contributed by atoms with Gasteiger partial charge in [-0.15, -0.1) is 0 Å². The van der Waals surface area contributed by atoms with Gasteiger partial charge in [-0.2, -0.15) is 0 Å². The van der Waals surface area contributed by atoms with Crippen molar-refractivity contribution in [3.8, 4) is 0 Å². The van der Waals surface area contributed by atoms with Crippen LogP contribution in [0.25, 0.3) is 0 Å². The first-order chi connectivity index (χ1) is 14.2. The number of hydrogen-bond acceptors (Lipinski definition) is 4. The van der Waals surface area contributed by atoms with Crippen LogP contribution in [-0.2, 0) is 24.4 Å². The minimum atomic E-state index is -1.29. The minimum Gasteiger partial charge on any atom is -0.462 e. The predicted octanol–water partition coefficient (Wildman–Crippen LogP) is 4.86. The molecule has 154 valence electrons. The highest BCUT2D eigenvalue weighted by Gasteiger charge is 2.56. The zero-order valence-corrected chi connectivity index (χ0v) is 17.1. The first kappa shape index (κ1) is 20.1. The molecule has 0 amide bonds. The summed E-state index contributed by atoms with van der Waals surface area (Å²) in [6.07, 6.45) is 5.26. The molecule has 0 bridgehead atoms. The predicted molar refractivity (Wildman–Crippen MR) is 112 cm³/mol. The van der Waals surface area contributed by atoms with Crippen molar-refractivity contribution in [1.82, 2.24) is 0 Å². The van der Waals surface area contributed by atoms with Crippen molar-refractivity contribution in [2.75, 3.05) is 19.8 Å². The molecular formula is C25H30O4. The van der Waals surface area contributed by atoms with Crippen molar-refractivity contribution in [2.24, 2.45) is 5.92 Å². The normalized spacial score (nSPS) is 21.4. The lowest BCUT2D eigenvalue weighted by atomic mass is 9.74. The van der Waals surface area contributed by atoms with Crippen LogP contribution in [-0.4, -0.2) is 31.6 Å². The Morgan fingerprint density at radius 2 is 1.41 bits per heavy atom. The summed E-state index contributed by atoms with van der Waals surface area (Å²) in [5, 5.41) is 0. The number of ether oxygens (including phenoxy) is 3. The van der Waals surface area contributed by atoms with Crippen LogP contribution in [0, 0.1) is 5.92 Å². The van der Waals surface area contributed by atoms with Crippen LogP contribution in [0.5, 0.6) is 0 Å². The SMILES string of the molecule is CCOC(=O)C1(C2CCCCC2)OCC(c2ccccc2)(c2ccccc2)CO1. The Balaban J connectivity index is 1.69. The molecule has 0 radical (unpaired) electrons. The molecule has 4 heteroatoms. The van der Waals surface area contributed by atoms with E-state index < -0.39 is 11.2 Å². The number of benzene rings is 2. The van der Waals surface area contributed by atoms with Gasteiger partial charge in [0.15, 0.2) is 0 Å². The molecule has 2 aromatic rings. The molecule has 2 fully saturated rings. The molecule has 29 heavy (non-hydrogen) atoms. The standard InChI is InChI=1S/C25H30O4/c1-2-27-23(26)25(22-16-10-5-11-17-22)28-18-24(19-29-25,20-12-6-3-7-13-20)21-14-8-4-9-15-21/h3-4,6-9,12-15,22H,2,5,10-11,16-19H2,1H3. The van der Waals surface area contributed by atoms with Gasteiger partial charge in [-0.1, -0.05) is 79.9 Å². The van der Waals surface area contributed by atoms with Gasteiger partial charge in [0.1, 0.15) is 0 Å². The first-order valence-corrected chi connectivity index (χ1v) is 10.8. The maximum absolute atomic E-state index is 13.0. The van der Waals surface area contributed by atoms with E-state index in [9.17, 15) is 4.79 Å². The zero-order valence-electron chi connectivity index (χ0n) is 17.1. The largest absolute Gasteiger partial charge is 0.462 e. The third kappa shape index (κ3) is 3.72. The summed E-state index contributed by atoms with van der Waals surface area (Å²) < 4.78 is 18.3. The van der Waals surface area contributed by atoms with E-state index in [4.69, 9.17) is 14.2 Å². The van der Waals surface area contributed by atoms with E-state index in [2.05, 4.69) is 24.3 Å². The lowest BCUT2D eigenvalue weighted by Gasteiger charge is -2.48. The fourth-order valence-electron chi connectivity index (χ4n) is 4.79. The van der Waals surface area contributed by atoms with E-state index in [1.165, 1.54) is 6.42 Å². The molecule has 4 rings (SSSR count). The third-order valence-corrected chi connectivity index (χ3v) is 6.42. The van der Waals surface area contributed by atoms with E-state index in [-0.39, 0.29) is 11.9 Å². The van der Waals surface area contributed by atoms with Crippen molar-refractivity contribution in [3.63, 3.8) is 0 Å². The van der Waals surface area contributed by atoms with Crippen LogP contribution < -0.4 is 0 Å². The summed E-state index contributed by atoms with van der Waals surface area (Å²) in [6.45, 7) is 2.92. The summed E-state index contributed by atoms with van der Waals surface area (Å²) in [5.74, 6) is -1.62. The lowest BCUT2D eigenvalue weighted by molar-refractivity contribution is -0.306. The molecule has 0 unspecified atom stereocenters. The van der Waals surface area contributed by atoms with Gasteiger partial charge >= 0.3 is 5.97 Å². The topological polar surface area (TPSA) is 44.8 Å². The molecule has 0 spiro atoms. The molecule has 2 aromatic carbocycles. The molecule has 1 heterocycles. The van der Waals surface area contributed by atoms with Crippen LogP contribution >= 0.6 is 0 Å². The number of hydrogen-bond donors (Lipinski definition) is 0. The molecular weight excluding hydrogens is 364 g/mol. The van der Waals surface area contributed by atoms with E-state index in [0.29, 0.717) is 19.8 Å². The van der Waals surface area contributed by atoms with Gasteiger partial charge < -0.3 is 14.2 Å². The van der Waals surface area contributed by atoms with Gasteiger partial charge in [0.25, 0.3) is 5.79 Å². The van der Waals surface area contributed by atoms with E-state index in [1.54, 1.807) is 0 Å². The second kappa shape index (κ2) is 8.68. The maximum atomic E-state index is 13.0. The monoisotopic (exact) mass is 394 g/mol. The second-order valence-electron chi connectivity index (χ2n) is 8.11. The van der Waals surface area contributed by atoms with Crippen LogP contribution in [0.15, 0.2) is 60.7 Å². The van der Waals surface area contributed by atoms with Gasteiger partial charge in [0.2, 0.25) is 0 Å². The van der Waals surface area contributed by atoms with Crippen LogP contribution in [0.1, 0.15) is 50.2 Å². The van der Waals surface area contributed by atoms with Crippen LogP contribution in [0.3, 0.4) is 0 Å². The lowest BCUT2D eigenvalue weighted by Crippen LogP contribution is -2.60. The molecule has 1 saturated heterocycles. The van der Waals surface area contributed by atoms with Crippen molar-refractivity contribution in [1.29, 1.82) is 0 Å². The van der Waals surface area contributed by atoms with Crippen molar-refractivity contribution < 1.29 is 19.0 Å². The van der Waals surface area contributed by atoms with Crippen molar-refractivity contribution in [3.05, 3.63) is 71.8 Å². The van der Waals surface area contributed by atoms with E-state index in [0.717, 1.165) is 36.8 Å². The Hall–Kier alpha value is -2.17. The number of esters is 1. The Bertz CT molecular complexity index is 747. The molecule has 1 saturated carbocycles. The number of carbonyl (C=O) groups is 1. The molecule has 4 nitrogen and oxygen atoms in total. The van der Waals surface area contributed by atoms with Crippen LogP contribution in [0.2, 0.25) is 0 Å². The zero-order chi connectivity index (χ0) is 20.2. The molecule has 1 aliphatic carbocycles. The van der Waals surface area contributed by atoms with Gasteiger partial charge in [0, 0.05) is 5.92 Å². The summed E-state index contributed by atoms with van der Waals surface area (Å²) in [6, 6.07) is 20.6. The number of rotatable bonds is 5. The molecule has 2 aliphatic rings. The van der Waals surface area contributed by atoms with Crippen molar-refractivity contribution >= 4 is 5.97 Å². The minimum absolute atomic E-state index is 0.0415. The average Bonchev–Trinajstić information content (AvgIpc) is 2.81. The highest BCUT2D eigenvalue weighted by atomic mass is 16.7. The summed E-state index contributed by atoms with van der Waals surface area (Å²) >= 11 is 0. The highest BCUT2D eigenvalue weighted by molar-refractivity contribution is 5.78. The molecule has 0 N–H and O–H groups in total. The molecule has 1 aliphatic heterocycles. The highest BCUT2D eigenvalue weighted by Crippen LogP contribution is 2.45. The quantitative estimate of drug-likeness (QED) is 0.680. The Morgan fingerprint density at radius 1 is 0.897 bits per heavy atom. The maximum Gasteiger partial charge on any atom is 0.367 e. The van der Waals surface area contributed by atoms with Gasteiger partial charge in [0.05, 0.1) is 25.2 Å². The van der Waals surface area contributed by atoms with Crippen molar-refractivity contribution in [2.45, 2.75) is 50.2 Å². The average molecular weight is 395 g/mol. The smallest absolute Gasteiger partial charge is 0.367 e. The Labute approximate surface area is 173 Å². The second-order valence-corrected chi connectivity index (χ2v) is 8.11. The summed E-state index contributed by atoms with van der Waals surface area (Å²) in [7, 11) is 0. The fourth-order valence-corrected chi connectivity index (χ4v) is 4.79. The van der Waals surface area contributed by atoms with Gasteiger partial charge in [-0.3, -0.25) is 0 Å². The summed E-state index contributed by atoms with van der Waals surface area (Å²) in [4.78, 5) is 13.0. The van der Waals surface area contributed by atoms with Gasteiger partial charge in [-0.05, 0) is 30.9 Å². The Kier molecular flexibility index (Phi) is 6.02. The van der Waals surface area contributed by atoms with E-state index in [1.807, 2.05) is 43.3 Å². The fraction of sp³-hybridized carbons (Fsp3) is 0.480. The van der Waals surface area contributed by atoms with Crippen LogP contribution in [0.4, 0.5) is 0 Å². The first-order valence-electron chi connectivity index (χ1n) is 10.8. The van der Waals surface area contributed by atoms with Gasteiger partial charge in [-0.25, -0.2) is 4.79 Å². The Morgan fingerprint density at radius 3 is 1.90 bits per heavy atom. The molecule has 0 atom stereocenters. The van der Waals surface area contributed by atoms with E-state index >= 15 is 0 Å². The number of carbonyl (C=O) groups excluding carboxylic acids is 1. The molecule has 0 aromatic heterocycles. The summed E-state index contributed by atoms with van der Waals surface area (Å²) in [5.41, 5.74) is 1.81.